The largest absolute Gasteiger partial charge is 0.326 e. The SMILES string of the molecule is CC(C)C(=O)Nc1cccc(N2CCCN(Cc3ccc(C(C)C)cc3)C2=O)c1. The van der Waals surface area contributed by atoms with Gasteiger partial charge in [0.05, 0.1) is 0 Å². The van der Waals surface area contributed by atoms with E-state index in [0.29, 0.717) is 19.0 Å². The summed E-state index contributed by atoms with van der Waals surface area (Å²) in [4.78, 5) is 28.8. The summed E-state index contributed by atoms with van der Waals surface area (Å²) in [5, 5.41) is 2.91. The highest BCUT2D eigenvalue weighted by atomic mass is 16.2. The monoisotopic (exact) mass is 393 g/mol. The van der Waals surface area contributed by atoms with Gasteiger partial charge in [-0.2, -0.15) is 0 Å². The Morgan fingerprint density at radius 3 is 2.41 bits per heavy atom. The van der Waals surface area contributed by atoms with Crippen molar-refractivity contribution < 1.29 is 9.59 Å². The number of carbonyl (C=O) groups is 2. The normalized spacial score (nSPS) is 14.6. The summed E-state index contributed by atoms with van der Waals surface area (Å²) in [5.41, 5.74) is 3.98. The number of urea groups is 1. The van der Waals surface area contributed by atoms with Crippen LogP contribution in [0.25, 0.3) is 0 Å². The van der Waals surface area contributed by atoms with Crippen LogP contribution < -0.4 is 10.2 Å². The summed E-state index contributed by atoms with van der Waals surface area (Å²) in [6, 6.07) is 16.1. The van der Waals surface area contributed by atoms with Crippen molar-refractivity contribution in [2.24, 2.45) is 5.92 Å². The van der Waals surface area contributed by atoms with Crippen LogP contribution in [0.4, 0.5) is 16.2 Å². The molecule has 0 spiro atoms. The average Bonchev–Trinajstić information content (AvgIpc) is 2.70. The van der Waals surface area contributed by atoms with Crippen LogP contribution in [-0.4, -0.2) is 29.9 Å². The van der Waals surface area contributed by atoms with Crippen molar-refractivity contribution in [1.82, 2.24) is 4.90 Å². The van der Waals surface area contributed by atoms with E-state index in [0.717, 1.165) is 29.9 Å². The van der Waals surface area contributed by atoms with Gasteiger partial charge < -0.3 is 10.2 Å². The van der Waals surface area contributed by atoms with E-state index in [1.807, 2.05) is 43.0 Å². The fourth-order valence-corrected chi connectivity index (χ4v) is 3.43. The van der Waals surface area contributed by atoms with Gasteiger partial charge in [0.2, 0.25) is 5.91 Å². The van der Waals surface area contributed by atoms with Gasteiger partial charge in [-0.05, 0) is 41.7 Å². The highest BCUT2D eigenvalue weighted by Crippen LogP contribution is 2.25. The summed E-state index contributed by atoms with van der Waals surface area (Å²) in [7, 11) is 0. The molecule has 5 heteroatoms. The quantitative estimate of drug-likeness (QED) is 0.730. The Kier molecular flexibility index (Phi) is 6.57. The maximum absolute atomic E-state index is 13.1. The van der Waals surface area contributed by atoms with Gasteiger partial charge in [-0.25, -0.2) is 4.79 Å². The van der Waals surface area contributed by atoms with E-state index in [2.05, 4.69) is 43.4 Å². The highest BCUT2D eigenvalue weighted by Gasteiger charge is 2.27. The summed E-state index contributed by atoms with van der Waals surface area (Å²) in [6.07, 6.45) is 0.915. The van der Waals surface area contributed by atoms with Crippen LogP contribution in [0, 0.1) is 5.92 Å². The molecule has 3 amide bonds. The van der Waals surface area contributed by atoms with E-state index in [4.69, 9.17) is 0 Å². The smallest absolute Gasteiger partial charge is 0.324 e. The second kappa shape index (κ2) is 9.12. The predicted octanol–water partition coefficient (Wildman–Crippen LogP) is 5.24. The number of rotatable bonds is 6. The Bertz CT molecular complexity index is 859. The molecule has 1 fully saturated rings. The fraction of sp³-hybridized carbons (Fsp3) is 0.417. The Hall–Kier alpha value is -2.82. The Morgan fingerprint density at radius 2 is 1.76 bits per heavy atom. The number of benzene rings is 2. The molecule has 2 aromatic rings. The molecule has 0 unspecified atom stereocenters. The van der Waals surface area contributed by atoms with Gasteiger partial charge in [0.1, 0.15) is 0 Å². The zero-order valence-corrected chi connectivity index (χ0v) is 17.8. The van der Waals surface area contributed by atoms with Crippen LogP contribution in [-0.2, 0) is 11.3 Å². The van der Waals surface area contributed by atoms with Crippen molar-refractivity contribution in [2.75, 3.05) is 23.3 Å². The molecule has 0 radical (unpaired) electrons. The van der Waals surface area contributed by atoms with Crippen LogP contribution in [0.2, 0.25) is 0 Å². The molecule has 154 valence electrons. The molecule has 3 rings (SSSR count). The zero-order valence-electron chi connectivity index (χ0n) is 17.8. The van der Waals surface area contributed by atoms with Crippen LogP contribution >= 0.6 is 0 Å². The fourth-order valence-electron chi connectivity index (χ4n) is 3.43. The van der Waals surface area contributed by atoms with Crippen molar-refractivity contribution in [3.8, 4) is 0 Å². The lowest BCUT2D eigenvalue weighted by Gasteiger charge is -2.36. The zero-order chi connectivity index (χ0) is 21.0. The molecule has 1 heterocycles. The molecule has 0 aliphatic carbocycles. The molecular formula is C24H31N3O2. The van der Waals surface area contributed by atoms with Gasteiger partial charge in [-0.3, -0.25) is 9.69 Å². The molecular weight excluding hydrogens is 362 g/mol. The molecule has 2 aromatic carbocycles. The summed E-state index contributed by atoms with van der Waals surface area (Å²) in [5.74, 6) is 0.381. The molecule has 29 heavy (non-hydrogen) atoms. The molecule has 1 aliphatic heterocycles. The number of nitrogens with zero attached hydrogens (tertiary/aromatic N) is 2. The maximum atomic E-state index is 13.1. The number of carbonyl (C=O) groups excluding carboxylic acids is 2. The first-order valence-electron chi connectivity index (χ1n) is 10.4. The summed E-state index contributed by atoms with van der Waals surface area (Å²) in [6.45, 7) is 10.1. The lowest BCUT2D eigenvalue weighted by molar-refractivity contribution is -0.118. The standard InChI is InChI=1S/C24H31N3O2/c1-17(2)20-11-9-19(10-12-20)16-26-13-6-14-27(24(26)29)22-8-5-7-21(15-22)25-23(28)18(3)4/h5,7-12,15,17-18H,6,13-14,16H2,1-4H3,(H,25,28). The molecule has 5 nitrogen and oxygen atoms in total. The first-order valence-corrected chi connectivity index (χ1v) is 10.4. The van der Waals surface area contributed by atoms with Crippen molar-refractivity contribution in [3.05, 3.63) is 59.7 Å². The lowest BCUT2D eigenvalue weighted by Crippen LogP contribution is -2.49. The van der Waals surface area contributed by atoms with Gasteiger partial charge in [0, 0.05) is 36.9 Å². The number of amides is 3. The average molecular weight is 394 g/mol. The third-order valence-electron chi connectivity index (χ3n) is 5.28. The molecule has 0 bridgehead atoms. The summed E-state index contributed by atoms with van der Waals surface area (Å²) >= 11 is 0. The Balaban J connectivity index is 1.71. The van der Waals surface area contributed by atoms with E-state index in [9.17, 15) is 9.59 Å². The van der Waals surface area contributed by atoms with E-state index in [1.54, 1.807) is 4.90 Å². The first-order chi connectivity index (χ1) is 13.8. The van der Waals surface area contributed by atoms with E-state index < -0.39 is 0 Å². The van der Waals surface area contributed by atoms with Crippen molar-refractivity contribution in [1.29, 1.82) is 0 Å². The second-order valence-corrected chi connectivity index (χ2v) is 8.30. The van der Waals surface area contributed by atoms with Crippen molar-refractivity contribution in [2.45, 2.75) is 46.6 Å². The number of anilines is 2. The van der Waals surface area contributed by atoms with Crippen LogP contribution in [0.3, 0.4) is 0 Å². The molecule has 0 atom stereocenters. The van der Waals surface area contributed by atoms with Crippen LogP contribution in [0.5, 0.6) is 0 Å². The van der Waals surface area contributed by atoms with Gasteiger partial charge in [-0.15, -0.1) is 0 Å². The number of hydrogen-bond donors (Lipinski definition) is 1. The Labute approximate surface area is 173 Å². The van der Waals surface area contributed by atoms with Gasteiger partial charge >= 0.3 is 6.03 Å². The van der Waals surface area contributed by atoms with E-state index in [-0.39, 0.29) is 17.9 Å². The number of hydrogen-bond acceptors (Lipinski definition) is 2. The van der Waals surface area contributed by atoms with Crippen LogP contribution in [0.1, 0.15) is 51.2 Å². The van der Waals surface area contributed by atoms with Gasteiger partial charge in [0.25, 0.3) is 0 Å². The molecule has 1 aliphatic rings. The molecule has 0 saturated carbocycles. The topological polar surface area (TPSA) is 52.7 Å². The molecule has 0 aromatic heterocycles. The van der Waals surface area contributed by atoms with Crippen LogP contribution in [0.15, 0.2) is 48.5 Å². The minimum Gasteiger partial charge on any atom is -0.326 e. The van der Waals surface area contributed by atoms with E-state index in [1.165, 1.54) is 5.56 Å². The predicted molar refractivity (Wildman–Crippen MR) is 118 cm³/mol. The van der Waals surface area contributed by atoms with Gasteiger partial charge in [-0.1, -0.05) is 58.0 Å². The highest BCUT2D eigenvalue weighted by molar-refractivity contribution is 5.95. The molecule has 1 N–H and O–H groups in total. The first kappa shape index (κ1) is 20.9. The Morgan fingerprint density at radius 1 is 1.03 bits per heavy atom. The second-order valence-electron chi connectivity index (χ2n) is 8.30. The lowest BCUT2D eigenvalue weighted by atomic mass is 10.0. The van der Waals surface area contributed by atoms with Crippen molar-refractivity contribution in [3.63, 3.8) is 0 Å². The number of nitrogens with one attached hydrogen (secondary N) is 1. The maximum Gasteiger partial charge on any atom is 0.324 e. The van der Waals surface area contributed by atoms with Crippen molar-refractivity contribution >= 4 is 23.3 Å². The third-order valence-corrected chi connectivity index (χ3v) is 5.28. The van der Waals surface area contributed by atoms with E-state index >= 15 is 0 Å². The minimum atomic E-state index is -0.0900. The summed E-state index contributed by atoms with van der Waals surface area (Å²) < 4.78 is 0. The minimum absolute atomic E-state index is 0.0107. The third kappa shape index (κ3) is 5.17. The molecule has 1 saturated heterocycles. The van der Waals surface area contributed by atoms with Gasteiger partial charge in [0.15, 0.2) is 0 Å².